The van der Waals surface area contributed by atoms with Crippen molar-refractivity contribution >= 4 is 0 Å². The summed E-state index contributed by atoms with van der Waals surface area (Å²) in [6, 6.07) is 0.889. The highest BCUT2D eigenvalue weighted by Gasteiger charge is 2.19. The van der Waals surface area contributed by atoms with Crippen LogP contribution < -0.4 is 0 Å². The highest BCUT2D eigenvalue weighted by Crippen LogP contribution is 2.25. The summed E-state index contributed by atoms with van der Waals surface area (Å²) in [4.78, 5) is 2.64. The van der Waals surface area contributed by atoms with Gasteiger partial charge in [0, 0.05) is 6.04 Å². The molecule has 1 nitrogen and oxygen atoms in total. The maximum Gasteiger partial charge on any atom is 0.00951 e. The van der Waals surface area contributed by atoms with Crippen LogP contribution in [0.5, 0.6) is 0 Å². The molecule has 0 bridgehead atoms. The van der Waals surface area contributed by atoms with Crippen LogP contribution in [-0.4, -0.2) is 24.0 Å². The Hall–Kier alpha value is -0.110. The van der Waals surface area contributed by atoms with Crippen LogP contribution in [0.2, 0.25) is 0 Å². The van der Waals surface area contributed by atoms with Gasteiger partial charge in [0.1, 0.15) is 0 Å². The number of rotatable bonds is 3. The van der Waals surface area contributed by atoms with E-state index < -0.39 is 0 Å². The van der Waals surface area contributed by atoms with Gasteiger partial charge in [-0.25, -0.2) is 0 Å². The van der Waals surface area contributed by atoms with Crippen molar-refractivity contribution < 1.29 is 4.70 Å². The first kappa shape index (κ1) is 13.9. The van der Waals surface area contributed by atoms with E-state index in [4.69, 9.17) is 0 Å². The molecule has 1 aliphatic carbocycles. The normalized spacial score (nSPS) is 28.3. The van der Waals surface area contributed by atoms with Gasteiger partial charge in [-0.15, -0.1) is 0 Å². The summed E-state index contributed by atoms with van der Waals surface area (Å²) in [7, 11) is 0. The minimum atomic E-state index is 0. The maximum absolute atomic E-state index is 2.64. The maximum atomic E-state index is 2.64. The second-order valence-corrected chi connectivity index (χ2v) is 4.49. The van der Waals surface area contributed by atoms with E-state index in [1.165, 1.54) is 45.2 Å². The fraction of sp³-hybridized carbons (Fsp3) is 1.00. The molecule has 0 aromatic heterocycles. The van der Waals surface area contributed by atoms with E-state index in [9.17, 15) is 0 Å². The van der Waals surface area contributed by atoms with E-state index in [0.29, 0.717) is 0 Å². The van der Waals surface area contributed by atoms with E-state index >= 15 is 0 Å². The van der Waals surface area contributed by atoms with Crippen LogP contribution in [0.4, 0.5) is 4.70 Å². The molecule has 0 radical (unpaired) electrons. The van der Waals surface area contributed by atoms with Crippen molar-refractivity contribution in [3.05, 3.63) is 0 Å². The lowest BCUT2D eigenvalue weighted by Gasteiger charge is -2.28. The molecule has 0 amide bonds. The molecule has 2 atom stereocenters. The zero-order valence-corrected chi connectivity index (χ0v) is 9.96. The molecule has 1 rings (SSSR count). The fourth-order valence-corrected chi connectivity index (χ4v) is 2.57. The number of hydrogen-bond donors (Lipinski definition) is 0. The summed E-state index contributed by atoms with van der Waals surface area (Å²) in [5.74, 6) is 0.973. The van der Waals surface area contributed by atoms with Gasteiger partial charge in [-0.05, 0) is 38.3 Å². The minimum Gasteiger partial charge on any atom is -0.301 e. The van der Waals surface area contributed by atoms with Crippen LogP contribution in [0.3, 0.4) is 0 Å². The first-order valence-electron chi connectivity index (χ1n) is 6.02. The summed E-state index contributed by atoms with van der Waals surface area (Å²) >= 11 is 0. The third-order valence-electron chi connectivity index (χ3n) is 3.56. The summed E-state index contributed by atoms with van der Waals surface area (Å²) in [5, 5.41) is 0. The van der Waals surface area contributed by atoms with E-state index in [1.807, 2.05) is 0 Å². The van der Waals surface area contributed by atoms with E-state index in [-0.39, 0.29) is 4.70 Å². The Kier molecular flexibility index (Phi) is 7.16. The summed E-state index contributed by atoms with van der Waals surface area (Å²) < 4.78 is 0. The Morgan fingerprint density at radius 1 is 1.00 bits per heavy atom. The summed E-state index contributed by atoms with van der Waals surface area (Å²) in [6.45, 7) is 9.45. The Balaban J connectivity index is 0.00000169. The molecule has 2 unspecified atom stereocenters. The van der Waals surface area contributed by atoms with E-state index in [2.05, 4.69) is 25.7 Å². The average Bonchev–Trinajstić information content (AvgIpc) is 2.34. The molecular formula is C12H26FN. The number of hydrogen-bond acceptors (Lipinski definition) is 1. The van der Waals surface area contributed by atoms with Crippen molar-refractivity contribution in [1.82, 2.24) is 4.90 Å². The van der Waals surface area contributed by atoms with Crippen LogP contribution in [0.1, 0.15) is 52.9 Å². The first-order valence-corrected chi connectivity index (χ1v) is 6.02. The van der Waals surface area contributed by atoms with Crippen LogP contribution in [-0.2, 0) is 0 Å². The Morgan fingerprint density at radius 3 is 2.21 bits per heavy atom. The van der Waals surface area contributed by atoms with Gasteiger partial charge in [0.15, 0.2) is 0 Å². The minimum absolute atomic E-state index is 0. The number of nitrogens with zero attached hydrogens (tertiary/aromatic N) is 1. The molecule has 14 heavy (non-hydrogen) atoms. The topological polar surface area (TPSA) is 3.24 Å². The van der Waals surface area contributed by atoms with E-state index in [1.54, 1.807) is 0 Å². The molecule has 0 heterocycles. The van der Waals surface area contributed by atoms with Gasteiger partial charge < -0.3 is 4.90 Å². The van der Waals surface area contributed by atoms with Crippen molar-refractivity contribution in [1.29, 1.82) is 0 Å². The van der Waals surface area contributed by atoms with Gasteiger partial charge in [0.25, 0.3) is 0 Å². The SMILES string of the molecule is CCN(CC)C1CCCC(C)CC1.F. The molecule has 86 valence electrons. The van der Waals surface area contributed by atoms with Crippen molar-refractivity contribution in [3.8, 4) is 0 Å². The molecule has 0 aromatic rings. The van der Waals surface area contributed by atoms with Gasteiger partial charge >= 0.3 is 0 Å². The molecule has 2 heteroatoms. The van der Waals surface area contributed by atoms with Crippen LogP contribution in [0.25, 0.3) is 0 Å². The lowest BCUT2D eigenvalue weighted by Crippen LogP contribution is -2.34. The Bertz CT molecular complexity index is 134. The van der Waals surface area contributed by atoms with Crippen molar-refractivity contribution in [3.63, 3.8) is 0 Å². The average molecular weight is 203 g/mol. The smallest absolute Gasteiger partial charge is 0.00951 e. The molecule has 1 saturated carbocycles. The van der Waals surface area contributed by atoms with Gasteiger partial charge in [-0.1, -0.05) is 33.6 Å². The van der Waals surface area contributed by atoms with Gasteiger partial charge in [0.05, 0.1) is 0 Å². The predicted molar refractivity (Wildman–Crippen MR) is 61.5 cm³/mol. The Labute approximate surface area is 88.2 Å². The van der Waals surface area contributed by atoms with Gasteiger partial charge in [-0.3, -0.25) is 4.70 Å². The van der Waals surface area contributed by atoms with Gasteiger partial charge in [0.2, 0.25) is 0 Å². The molecule has 0 saturated heterocycles. The highest BCUT2D eigenvalue weighted by molar-refractivity contribution is 4.75. The molecule has 1 fully saturated rings. The fourth-order valence-electron chi connectivity index (χ4n) is 2.57. The van der Waals surface area contributed by atoms with Crippen LogP contribution >= 0.6 is 0 Å². The largest absolute Gasteiger partial charge is 0.301 e. The molecule has 0 aliphatic heterocycles. The predicted octanol–water partition coefficient (Wildman–Crippen LogP) is 3.45. The Morgan fingerprint density at radius 2 is 1.64 bits per heavy atom. The zero-order chi connectivity index (χ0) is 9.68. The second kappa shape index (κ2) is 7.22. The second-order valence-electron chi connectivity index (χ2n) is 4.49. The summed E-state index contributed by atoms with van der Waals surface area (Å²) in [5.41, 5.74) is 0. The van der Waals surface area contributed by atoms with Crippen LogP contribution in [0.15, 0.2) is 0 Å². The quantitative estimate of drug-likeness (QED) is 0.635. The third-order valence-corrected chi connectivity index (χ3v) is 3.56. The van der Waals surface area contributed by atoms with Crippen molar-refractivity contribution in [2.24, 2.45) is 5.92 Å². The molecule has 1 aliphatic rings. The van der Waals surface area contributed by atoms with Gasteiger partial charge in [-0.2, -0.15) is 0 Å². The standard InChI is InChI=1S/C12H25N.FH/c1-4-13(5-2)12-8-6-7-11(3)9-10-12;/h11-12H,4-10H2,1-3H3;1H. The monoisotopic (exact) mass is 203 g/mol. The van der Waals surface area contributed by atoms with Crippen molar-refractivity contribution in [2.75, 3.05) is 13.1 Å². The van der Waals surface area contributed by atoms with Crippen LogP contribution in [0, 0.1) is 5.92 Å². The third kappa shape index (κ3) is 3.95. The number of halogens is 1. The van der Waals surface area contributed by atoms with E-state index in [0.717, 1.165) is 12.0 Å². The summed E-state index contributed by atoms with van der Waals surface area (Å²) in [6.07, 6.45) is 7.22. The highest BCUT2D eigenvalue weighted by atomic mass is 19.0. The first-order chi connectivity index (χ1) is 6.27. The zero-order valence-electron chi connectivity index (χ0n) is 9.96. The van der Waals surface area contributed by atoms with Crippen molar-refractivity contribution in [2.45, 2.75) is 58.9 Å². The lowest BCUT2D eigenvalue weighted by molar-refractivity contribution is 0.196. The molecule has 0 aromatic carbocycles. The lowest BCUT2D eigenvalue weighted by atomic mass is 10.0. The molecule has 0 spiro atoms. The molecule has 0 N–H and O–H groups in total. The molecular weight excluding hydrogens is 177 g/mol.